The third kappa shape index (κ3) is 3.68. The summed E-state index contributed by atoms with van der Waals surface area (Å²) in [4.78, 5) is 12.5. The minimum Gasteiger partial charge on any atom is -0.483 e. The molecule has 1 amide bonds. The molecule has 0 saturated carbocycles. The molecule has 2 aromatic rings. The predicted molar refractivity (Wildman–Crippen MR) is 96.7 cm³/mol. The van der Waals surface area contributed by atoms with Gasteiger partial charge in [-0.15, -0.1) is 0 Å². The lowest BCUT2D eigenvalue weighted by atomic mass is 10.1. The standard InChI is InChI=1S/C20H19F3N2O3/c1-2-14-8-6-7-11-17(14)28-13-18(26)25-19(27,20(21,22)23)12-16(24-25)15-9-4-3-5-10-15/h3-12,24,27H,2,13H2,1H3/t19-/m1/s1. The van der Waals surface area contributed by atoms with Gasteiger partial charge in [0.05, 0.1) is 5.70 Å². The number of carbonyl (C=O) groups is 1. The van der Waals surface area contributed by atoms with Gasteiger partial charge in [-0.05, 0) is 23.6 Å². The van der Waals surface area contributed by atoms with E-state index in [9.17, 15) is 23.1 Å². The molecule has 2 N–H and O–H groups in total. The third-order valence-corrected chi connectivity index (χ3v) is 4.37. The Morgan fingerprint density at radius 2 is 1.79 bits per heavy atom. The number of nitrogens with zero attached hydrogens (tertiary/aromatic N) is 1. The molecule has 0 radical (unpaired) electrons. The maximum Gasteiger partial charge on any atom is 0.442 e. The fourth-order valence-electron chi connectivity index (χ4n) is 2.87. The number of aryl methyl sites for hydroxylation is 1. The number of halogens is 3. The maximum atomic E-state index is 13.6. The van der Waals surface area contributed by atoms with E-state index in [0.717, 1.165) is 5.56 Å². The predicted octanol–water partition coefficient (Wildman–Crippen LogP) is 3.27. The van der Waals surface area contributed by atoms with Crippen molar-refractivity contribution in [2.75, 3.05) is 6.61 Å². The number of amides is 1. The first kappa shape index (κ1) is 19.8. The first-order valence-electron chi connectivity index (χ1n) is 8.64. The Balaban J connectivity index is 1.82. The van der Waals surface area contributed by atoms with Crippen LogP contribution in [0.1, 0.15) is 18.1 Å². The van der Waals surface area contributed by atoms with Crippen molar-refractivity contribution in [3.05, 3.63) is 71.8 Å². The molecule has 0 fully saturated rings. The number of alkyl halides is 3. The molecule has 1 heterocycles. The molecule has 0 aliphatic carbocycles. The molecule has 0 unspecified atom stereocenters. The van der Waals surface area contributed by atoms with Crippen LogP contribution in [0.4, 0.5) is 13.2 Å². The first-order valence-corrected chi connectivity index (χ1v) is 8.64. The molecule has 3 rings (SSSR count). The van der Waals surface area contributed by atoms with Gasteiger partial charge in [0.15, 0.2) is 6.61 Å². The molecule has 148 valence electrons. The Morgan fingerprint density at radius 1 is 1.14 bits per heavy atom. The molecule has 28 heavy (non-hydrogen) atoms. The zero-order valence-corrected chi connectivity index (χ0v) is 15.0. The van der Waals surface area contributed by atoms with E-state index in [1.54, 1.807) is 54.6 Å². The van der Waals surface area contributed by atoms with Crippen molar-refractivity contribution >= 4 is 11.6 Å². The lowest BCUT2D eigenvalue weighted by Gasteiger charge is -2.33. The van der Waals surface area contributed by atoms with E-state index in [1.165, 1.54) is 0 Å². The van der Waals surface area contributed by atoms with Crippen molar-refractivity contribution in [3.8, 4) is 5.75 Å². The minimum absolute atomic E-state index is 0.0252. The number of aliphatic hydroxyl groups is 1. The van der Waals surface area contributed by atoms with Crippen molar-refractivity contribution in [1.82, 2.24) is 10.4 Å². The van der Waals surface area contributed by atoms with E-state index in [2.05, 4.69) is 5.43 Å². The molecule has 2 aromatic carbocycles. The number of hydrazine groups is 1. The molecule has 0 spiro atoms. The van der Waals surface area contributed by atoms with E-state index in [-0.39, 0.29) is 10.7 Å². The summed E-state index contributed by atoms with van der Waals surface area (Å²) in [6.45, 7) is 1.23. The normalized spacial score (nSPS) is 19.2. The Bertz CT molecular complexity index is 884. The van der Waals surface area contributed by atoms with E-state index in [4.69, 9.17) is 4.74 Å². The minimum atomic E-state index is -5.10. The summed E-state index contributed by atoms with van der Waals surface area (Å²) in [5.74, 6) is -0.655. The average Bonchev–Trinajstić information content (AvgIpc) is 3.06. The molecular formula is C20H19F3N2O3. The zero-order chi connectivity index (χ0) is 20.4. The van der Waals surface area contributed by atoms with E-state index in [1.807, 2.05) is 6.92 Å². The van der Waals surface area contributed by atoms with Crippen LogP contribution in [-0.2, 0) is 11.2 Å². The summed E-state index contributed by atoms with van der Waals surface area (Å²) >= 11 is 0. The summed E-state index contributed by atoms with van der Waals surface area (Å²) in [6, 6.07) is 15.1. The van der Waals surface area contributed by atoms with Gasteiger partial charge in [-0.1, -0.05) is 55.5 Å². The van der Waals surface area contributed by atoms with Crippen LogP contribution in [0.5, 0.6) is 5.75 Å². The highest BCUT2D eigenvalue weighted by atomic mass is 19.4. The van der Waals surface area contributed by atoms with Crippen molar-refractivity contribution in [2.24, 2.45) is 0 Å². The molecule has 1 aliphatic rings. The van der Waals surface area contributed by atoms with Gasteiger partial charge in [0.2, 0.25) is 0 Å². The van der Waals surface area contributed by atoms with E-state index in [0.29, 0.717) is 23.8 Å². The number of carbonyl (C=O) groups excluding carboxylic acids is 1. The highest BCUT2D eigenvalue weighted by Gasteiger charge is 2.61. The molecule has 0 bridgehead atoms. The topological polar surface area (TPSA) is 61.8 Å². The van der Waals surface area contributed by atoms with Crippen LogP contribution in [0.25, 0.3) is 5.70 Å². The second-order valence-electron chi connectivity index (χ2n) is 6.24. The molecule has 1 atom stereocenters. The van der Waals surface area contributed by atoms with Gasteiger partial charge >= 0.3 is 6.18 Å². The van der Waals surface area contributed by atoms with Crippen molar-refractivity contribution in [1.29, 1.82) is 0 Å². The van der Waals surface area contributed by atoms with Crippen molar-refractivity contribution < 1.29 is 27.8 Å². The molecule has 8 heteroatoms. The van der Waals surface area contributed by atoms with Gasteiger partial charge in [0, 0.05) is 6.08 Å². The number of hydrogen-bond donors (Lipinski definition) is 2. The van der Waals surface area contributed by atoms with Crippen molar-refractivity contribution in [2.45, 2.75) is 25.2 Å². The van der Waals surface area contributed by atoms with Crippen molar-refractivity contribution in [3.63, 3.8) is 0 Å². The number of hydrogen-bond acceptors (Lipinski definition) is 4. The Morgan fingerprint density at radius 3 is 2.43 bits per heavy atom. The number of nitrogens with one attached hydrogen (secondary N) is 1. The van der Waals surface area contributed by atoms with Gasteiger partial charge in [-0.3, -0.25) is 10.2 Å². The van der Waals surface area contributed by atoms with Gasteiger partial charge in [-0.2, -0.15) is 13.2 Å². The van der Waals surface area contributed by atoms with Gasteiger partial charge in [0.25, 0.3) is 11.6 Å². The SMILES string of the molecule is CCc1ccccc1OCC(=O)N1NC(c2ccccc2)=C[C@@]1(O)C(F)(F)F. The van der Waals surface area contributed by atoms with Gasteiger partial charge in [0.1, 0.15) is 5.75 Å². The number of para-hydroxylation sites is 1. The first-order chi connectivity index (χ1) is 13.3. The second-order valence-corrected chi connectivity index (χ2v) is 6.24. The molecule has 1 aliphatic heterocycles. The van der Waals surface area contributed by atoms with Crippen LogP contribution < -0.4 is 10.2 Å². The van der Waals surface area contributed by atoms with Gasteiger partial charge in [-0.25, -0.2) is 5.01 Å². The third-order valence-electron chi connectivity index (χ3n) is 4.37. The Hall–Kier alpha value is -3.00. The summed E-state index contributed by atoms with van der Waals surface area (Å²) in [5.41, 5.74) is 0.0745. The Kier molecular flexibility index (Phi) is 5.33. The van der Waals surface area contributed by atoms with E-state index >= 15 is 0 Å². The number of benzene rings is 2. The molecule has 0 aromatic heterocycles. The summed E-state index contributed by atoms with van der Waals surface area (Å²) in [5, 5.41) is 10.4. The second kappa shape index (κ2) is 7.55. The zero-order valence-electron chi connectivity index (χ0n) is 15.0. The highest BCUT2D eigenvalue weighted by molar-refractivity contribution is 5.82. The number of rotatable bonds is 5. The molecule has 5 nitrogen and oxygen atoms in total. The quantitative estimate of drug-likeness (QED) is 0.820. The number of ether oxygens (including phenoxy) is 1. The largest absolute Gasteiger partial charge is 0.483 e. The molecular weight excluding hydrogens is 373 g/mol. The molecule has 0 saturated heterocycles. The maximum absolute atomic E-state index is 13.6. The lowest BCUT2D eigenvalue weighted by Crippen LogP contribution is -2.61. The van der Waals surface area contributed by atoms with Crippen LogP contribution in [0, 0.1) is 0 Å². The van der Waals surface area contributed by atoms with Crippen LogP contribution in [-0.4, -0.2) is 34.5 Å². The van der Waals surface area contributed by atoms with Crippen LogP contribution in [0.3, 0.4) is 0 Å². The summed E-state index contributed by atoms with van der Waals surface area (Å²) in [6.07, 6.45) is -3.88. The highest BCUT2D eigenvalue weighted by Crippen LogP contribution is 2.39. The van der Waals surface area contributed by atoms with E-state index < -0.39 is 24.4 Å². The van der Waals surface area contributed by atoms with Crippen LogP contribution >= 0.6 is 0 Å². The fourth-order valence-corrected chi connectivity index (χ4v) is 2.87. The monoisotopic (exact) mass is 392 g/mol. The van der Waals surface area contributed by atoms with Crippen LogP contribution in [0.2, 0.25) is 0 Å². The van der Waals surface area contributed by atoms with Gasteiger partial charge < -0.3 is 9.84 Å². The fraction of sp³-hybridized carbons (Fsp3) is 0.250. The summed E-state index contributed by atoms with van der Waals surface area (Å²) in [7, 11) is 0. The lowest BCUT2D eigenvalue weighted by molar-refractivity contribution is -0.289. The Labute approximate surface area is 160 Å². The average molecular weight is 392 g/mol. The summed E-state index contributed by atoms with van der Waals surface area (Å²) < 4.78 is 46.1. The smallest absolute Gasteiger partial charge is 0.442 e. The van der Waals surface area contributed by atoms with Crippen LogP contribution in [0.15, 0.2) is 60.7 Å².